The highest BCUT2D eigenvalue weighted by Gasteiger charge is 2.15. The fraction of sp³-hybridized carbons (Fsp3) is 0.217. The summed E-state index contributed by atoms with van der Waals surface area (Å²) < 4.78 is 3.57. The monoisotopic (exact) mass is 425 g/mol. The van der Waals surface area contributed by atoms with Gasteiger partial charge in [-0.2, -0.15) is 15.3 Å². The highest BCUT2D eigenvalue weighted by atomic mass is 15.3. The molecule has 0 saturated heterocycles. The zero-order valence-corrected chi connectivity index (χ0v) is 18.4. The van der Waals surface area contributed by atoms with Crippen molar-refractivity contribution >= 4 is 22.7 Å². The maximum atomic E-state index is 4.76. The number of hydrogen-bond donors (Lipinski definition) is 1. The molecule has 0 aliphatic rings. The fourth-order valence-corrected chi connectivity index (χ4v) is 3.57. The van der Waals surface area contributed by atoms with E-state index in [1.54, 1.807) is 15.6 Å². The third-order valence-electron chi connectivity index (χ3n) is 5.25. The van der Waals surface area contributed by atoms with Crippen LogP contribution in [-0.4, -0.2) is 39.7 Å². The highest BCUT2D eigenvalue weighted by molar-refractivity contribution is 5.86. The minimum absolute atomic E-state index is 0.371. The summed E-state index contributed by atoms with van der Waals surface area (Å²) in [4.78, 5) is 9.38. The summed E-state index contributed by atoms with van der Waals surface area (Å²) in [6.45, 7) is 4.25. The first kappa shape index (κ1) is 19.8. The molecule has 1 N–H and O–H groups in total. The van der Waals surface area contributed by atoms with Crippen molar-refractivity contribution in [1.29, 1.82) is 0 Å². The van der Waals surface area contributed by atoms with Crippen LogP contribution >= 0.6 is 0 Å². The Morgan fingerprint density at radius 3 is 2.53 bits per heavy atom. The van der Waals surface area contributed by atoms with Crippen molar-refractivity contribution in [1.82, 2.24) is 39.7 Å². The van der Waals surface area contributed by atoms with E-state index in [1.165, 1.54) is 0 Å². The molecule has 0 saturated carbocycles. The third kappa shape index (κ3) is 3.80. The van der Waals surface area contributed by atoms with Crippen molar-refractivity contribution in [3.63, 3.8) is 0 Å². The van der Waals surface area contributed by atoms with Crippen LogP contribution in [0.2, 0.25) is 0 Å². The Kier molecular flexibility index (Phi) is 4.85. The average Bonchev–Trinajstić information content (AvgIpc) is 3.38. The van der Waals surface area contributed by atoms with E-state index in [0.717, 1.165) is 39.0 Å². The van der Waals surface area contributed by atoms with Crippen molar-refractivity contribution in [2.45, 2.75) is 19.8 Å². The lowest BCUT2D eigenvalue weighted by Gasteiger charge is -2.09. The molecule has 160 valence electrons. The molecule has 0 fully saturated rings. The minimum atomic E-state index is 0.371. The predicted molar refractivity (Wildman–Crippen MR) is 123 cm³/mol. The first-order valence-corrected chi connectivity index (χ1v) is 10.4. The van der Waals surface area contributed by atoms with Gasteiger partial charge in [-0.1, -0.05) is 13.8 Å². The van der Waals surface area contributed by atoms with E-state index >= 15 is 0 Å². The number of rotatable bonds is 5. The lowest BCUT2D eigenvalue weighted by Crippen LogP contribution is -2.00. The van der Waals surface area contributed by atoms with Crippen molar-refractivity contribution in [3.05, 3.63) is 60.8 Å². The number of anilines is 2. The standard InChI is InChI=1S/C23H23N9/c1-14(2)15-8-22(29-25-10-15)28-21-6-5-19-20(27-21)7-16(9-24-19)18-13-32(4)30-23(18)17-11-26-31(3)12-17/h5-14H,1-4H3,(H,27,28,29). The third-order valence-corrected chi connectivity index (χ3v) is 5.25. The highest BCUT2D eigenvalue weighted by Crippen LogP contribution is 2.31. The largest absolute Gasteiger partial charge is 0.323 e. The van der Waals surface area contributed by atoms with Gasteiger partial charge < -0.3 is 5.32 Å². The van der Waals surface area contributed by atoms with E-state index in [-0.39, 0.29) is 0 Å². The molecule has 0 spiro atoms. The lowest BCUT2D eigenvalue weighted by atomic mass is 10.1. The Labute approximate surface area is 185 Å². The summed E-state index contributed by atoms with van der Waals surface area (Å²) in [5.41, 5.74) is 6.44. The molecule has 5 rings (SSSR count). The van der Waals surface area contributed by atoms with Crippen LogP contribution in [0.15, 0.2) is 55.2 Å². The number of aromatic nitrogens is 8. The van der Waals surface area contributed by atoms with E-state index in [2.05, 4.69) is 44.5 Å². The first-order chi connectivity index (χ1) is 15.5. The van der Waals surface area contributed by atoms with Gasteiger partial charge in [-0.25, -0.2) is 4.98 Å². The lowest BCUT2D eigenvalue weighted by molar-refractivity contribution is 0.766. The van der Waals surface area contributed by atoms with Crippen LogP contribution < -0.4 is 5.32 Å². The average molecular weight is 426 g/mol. The molecule has 0 aromatic carbocycles. The Morgan fingerprint density at radius 1 is 0.875 bits per heavy atom. The molecule has 9 nitrogen and oxygen atoms in total. The SMILES string of the molecule is CC(C)c1cnnc(Nc2ccc3ncc(-c4cn(C)nc4-c4cnn(C)c4)cc3n2)c1. The van der Waals surface area contributed by atoms with Gasteiger partial charge in [-0.3, -0.25) is 14.3 Å². The zero-order valence-electron chi connectivity index (χ0n) is 18.4. The summed E-state index contributed by atoms with van der Waals surface area (Å²) in [6.07, 6.45) is 9.39. The van der Waals surface area contributed by atoms with Gasteiger partial charge in [-0.15, -0.1) is 5.10 Å². The molecule has 9 heteroatoms. The normalized spacial score (nSPS) is 11.4. The molecule has 0 unspecified atom stereocenters. The van der Waals surface area contributed by atoms with Gasteiger partial charge >= 0.3 is 0 Å². The predicted octanol–water partition coefficient (Wildman–Crippen LogP) is 4.09. The van der Waals surface area contributed by atoms with Gasteiger partial charge in [-0.05, 0) is 35.7 Å². The smallest absolute Gasteiger partial charge is 0.154 e. The Bertz CT molecular complexity index is 1410. The van der Waals surface area contributed by atoms with Crippen LogP contribution in [0.3, 0.4) is 0 Å². The van der Waals surface area contributed by atoms with E-state index in [9.17, 15) is 0 Å². The maximum Gasteiger partial charge on any atom is 0.154 e. The fourth-order valence-electron chi connectivity index (χ4n) is 3.57. The molecule has 0 aliphatic heterocycles. The molecule has 0 aliphatic carbocycles. The van der Waals surface area contributed by atoms with Gasteiger partial charge in [0.25, 0.3) is 0 Å². The molecule has 0 amide bonds. The zero-order chi connectivity index (χ0) is 22.2. The molecular formula is C23H23N9. The summed E-state index contributed by atoms with van der Waals surface area (Å²) in [7, 11) is 3.80. The van der Waals surface area contributed by atoms with Gasteiger partial charge in [0.05, 0.1) is 23.4 Å². The Morgan fingerprint density at radius 2 is 1.75 bits per heavy atom. The van der Waals surface area contributed by atoms with Crippen molar-refractivity contribution in [2.24, 2.45) is 14.1 Å². The van der Waals surface area contributed by atoms with Gasteiger partial charge in [0.2, 0.25) is 0 Å². The van der Waals surface area contributed by atoms with E-state index in [1.807, 2.05) is 63.1 Å². The van der Waals surface area contributed by atoms with Crippen molar-refractivity contribution in [2.75, 3.05) is 5.32 Å². The van der Waals surface area contributed by atoms with Gasteiger partial charge in [0.15, 0.2) is 5.82 Å². The van der Waals surface area contributed by atoms with Crippen LogP contribution in [-0.2, 0) is 14.1 Å². The molecule has 5 aromatic heterocycles. The molecule has 0 atom stereocenters. The minimum Gasteiger partial charge on any atom is -0.323 e. The molecule has 5 aromatic rings. The molecular weight excluding hydrogens is 402 g/mol. The van der Waals surface area contributed by atoms with Crippen LogP contribution in [0, 0.1) is 0 Å². The quantitative estimate of drug-likeness (QED) is 0.453. The number of hydrogen-bond acceptors (Lipinski definition) is 7. The summed E-state index contributed by atoms with van der Waals surface area (Å²) in [5.74, 6) is 1.72. The molecule has 32 heavy (non-hydrogen) atoms. The van der Waals surface area contributed by atoms with Crippen molar-refractivity contribution < 1.29 is 0 Å². The topological polar surface area (TPSA) is 99.2 Å². The first-order valence-electron chi connectivity index (χ1n) is 10.4. The Hall–Kier alpha value is -4.14. The molecule has 0 bridgehead atoms. The maximum absolute atomic E-state index is 4.76. The summed E-state index contributed by atoms with van der Waals surface area (Å²) >= 11 is 0. The van der Waals surface area contributed by atoms with Crippen LogP contribution in [0.4, 0.5) is 11.6 Å². The van der Waals surface area contributed by atoms with Crippen LogP contribution in [0.5, 0.6) is 0 Å². The number of fused-ring (bicyclic) bond motifs is 1. The van der Waals surface area contributed by atoms with Gasteiger partial charge in [0.1, 0.15) is 11.5 Å². The summed E-state index contributed by atoms with van der Waals surface area (Å²) in [6, 6.07) is 7.86. The second-order valence-electron chi connectivity index (χ2n) is 8.08. The Balaban J connectivity index is 1.52. The van der Waals surface area contributed by atoms with Crippen LogP contribution in [0.25, 0.3) is 33.4 Å². The second kappa shape index (κ2) is 7.84. The number of aryl methyl sites for hydroxylation is 2. The number of nitrogens with one attached hydrogen (secondary N) is 1. The van der Waals surface area contributed by atoms with E-state index in [0.29, 0.717) is 17.6 Å². The second-order valence-corrected chi connectivity index (χ2v) is 8.08. The van der Waals surface area contributed by atoms with Gasteiger partial charge in [0, 0.05) is 49.4 Å². The van der Waals surface area contributed by atoms with Crippen LogP contribution in [0.1, 0.15) is 25.3 Å². The van der Waals surface area contributed by atoms with Crippen molar-refractivity contribution in [3.8, 4) is 22.4 Å². The number of pyridine rings is 2. The van der Waals surface area contributed by atoms with E-state index in [4.69, 9.17) is 4.98 Å². The summed E-state index contributed by atoms with van der Waals surface area (Å²) in [5, 5.41) is 20.4. The van der Waals surface area contributed by atoms with E-state index < -0.39 is 0 Å². The molecule has 5 heterocycles. The number of nitrogens with zero attached hydrogens (tertiary/aromatic N) is 8. The molecule has 0 radical (unpaired) electrons.